The van der Waals surface area contributed by atoms with Crippen LogP contribution in [-0.2, 0) is 4.79 Å². The summed E-state index contributed by atoms with van der Waals surface area (Å²) in [6, 6.07) is 7.90. The van der Waals surface area contributed by atoms with Crippen LogP contribution in [0.1, 0.15) is 11.5 Å². The van der Waals surface area contributed by atoms with E-state index in [4.69, 9.17) is 0 Å². The van der Waals surface area contributed by atoms with Crippen LogP contribution in [0.3, 0.4) is 0 Å². The van der Waals surface area contributed by atoms with Crippen molar-refractivity contribution in [3.63, 3.8) is 0 Å². The van der Waals surface area contributed by atoms with Crippen LogP contribution < -0.4 is 5.32 Å². The zero-order valence-corrected chi connectivity index (χ0v) is 9.75. The average Bonchev–Trinajstić information content (AvgIpc) is 2.69. The number of carboxylic acids is 1. The van der Waals surface area contributed by atoms with Gasteiger partial charge in [0.25, 0.3) is 0 Å². The molecule has 0 saturated carbocycles. The minimum atomic E-state index is -0.780. The first-order chi connectivity index (χ1) is 7.74. The molecule has 1 aromatic carbocycles. The van der Waals surface area contributed by atoms with Crippen molar-refractivity contribution < 1.29 is 9.90 Å². The van der Waals surface area contributed by atoms with Crippen LogP contribution in [0.4, 0.5) is 0 Å². The zero-order valence-electron chi connectivity index (χ0n) is 8.93. The maximum absolute atomic E-state index is 11.2. The molecule has 0 amide bonds. The molecule has 1 aromatic heterocycles. The highest BCUT2D eigenvalue weighted by Crippen LogP contribution is 2.31. The summed E-state index contributed by atoms with van der Waals surface area (Å²) in [6.07, 6.45) is 0. The van der Waals surface area contributed by atoms with Gasteiger partial charge in [-0.3, -0.25) is 4.79 Å². The van der Waals surface area contributed by atoms with Gasteiger partial charge >= 0.3 is 5.97 Å². The molecule has 1 atom stereocenters. The van der Waals surface area contributed by atoms with Crippen LogP contribution in [0.25, 0.3) is 10.1 Å². The normalized spacial score (nSPS) is 12.8. The van der Waals surface area contributed by atoms with Gasteiger partial charge in [-0.05, 0) is 29.4 Å². The van der Waals surface area contributed by atoms with Crippen LogP contribution in [-0.4, -0.2) is 24.7 Å². The van der Waals surface area contributed by atoms with Gasteiger partial charge in [-0.2, -0.15) is 0 Å². The molecule has 84 valence electrons. The van der Waals surface area contributed by atoms with E-state index in [-0.39, 0.29) is 0 Å². The summed E-state index contributed by atoms with van der Waals surface area (Å²) in [4.78, 5) is 11.2. The lowest BCUT2D eigenvalue weighted by Gasteiger charge is -2.10. The van der Waals surface area contributed by atoms with Crippen LogP contribution in [0.2, 0.25) is 0 Å². The number of thiophene rings is 1. The quantitative estimate of drug-likeness (QED) is 0.854. The van der Waals surface area contributed by atoms with Gasteiger partial charge in [0.05, 0.1) is 5.92 Å². The van der Waals surface area contributed by atoms with Gasteiger partial charge in [0.1, 0.15) is 0 Å². The molecule has 1 heterocycles. The van der Waals surface area contributed by atoms with Gasteiger partial charge in [-0.15, -0.1) is 11.3 Å². The van der Waals surface area contributed by atoms with Crippen LogP contribution in [0.5, 0.6) is 0 Å². The Balaban J connectivity index is 2.48. The molecular formula is C12H13NO2S. The third-order valence-corrected chi connectivity index (χ3v) is 3.57. The van der Waals surface area contributed by atoms with Crippen molar-refractivity contribution in [3.8, 4) is 0 Å². The Bertz CT molecular complexity index is 506. The Morgan fingerprint density at radius 2 is 2.25 bits per heavy atom. The summed E-state index contributed by atoms with van der Waals surface area (Å²) in [6.45, 7) is 0.454. The zero-order chi connectivity index (χ0) is 11.5. The molecule has 0 spiro atoms. The molecule has 4 heteroatoms. The maximum Gasteiger partial charge on any atom is 0.312 e. The number of benzene rings is 1. The first kappa shape index (κ1) is 11.1. The summed E-state index contributed by atoms with van der Waals surface area (Å²) in [7, 11) is 1.77. The van der Waals surface area contributed by atoms with Crippen molar-refractivity contribution in [1.29, 1.82) is 0 Å². The van der Waals surface area contributed by atoms with E-state index >= 15 is 0 Å². The molecule has 3 nitrogen and oxygen atoms in total. The monoisotopic (exact) mass is 235 g/mol. The molecule has 0 bridgehead atoms. The summed E-state index contributed by atoms with van der Waals surface area (Å²) < 4.78 is 1.14. The molecule has 2 N–H and O–H groups in total. The molecule has 2 aromatic rings. The lowest BCUT2D eigenvalue weighted by molar-refractivity contribution is -0.138. The second-order valence-corrected chi connectivity index (χ2v) is 4.55. The Hall–Kier alpha value is -1.39. The number of likely N-dealkylation sites (N-methyl/N-ethyl adjacent to an activating group) is 1. The van der Waals surface area contributed by atoms with Crippen molar-refractivity contribution in [2.45, 2.75) is 5.92 Å². The smallest absolute Gasteiger partial charge is 0.312 e. The third-order valence-electron chi connectivity index (χ3n) is 2.59. The van der Waals surface area contributed by atoms with Crippen molar-refractivity contribution in [2.24, 2.45) is 0 Å². The molecule has 0 aliphatic heterocycles. The lowest BCUT2D eigenvalue weighted by atomic mass is 9.99. The minimum absolute atomic E-state index is 0.454. The summed E-state index contributed by atoms with van der Waals surface area (Å²) in [5.74, 6) is -1.25. The molecule has 2 rings (SSSR count). The van der Waals surface area contributed by atoms with Gasteiger partial charge < -0.3 is 10.4 Å². The Morgan fingerprint density at radius 3 is 2.94 bits per heavy atom. The van der Waals surface area contributed by atoms with Gasteiger partial charge in [0.2, 0.25) is 0 Å². The van der Waals surface area contributed by atoms with Crippen LogP contribution >= 0.6 is 11.3 Å². The predicted molar refractivity (Wildman–Crippen MR) is 66.1 cm³/mol. The van der Waals surface area contributed by atoms with Gasteiger partial charge in [0, 0.05) is 11.2 Å². The third kappa shape index (κ3) is 1.94. The molecule has 0 radical (unpaired) electrons. The lowest BCUT2D eigenvalue weighted by Crippen LogP contribution is -2.23. The molecule has 1 unspecified atom stereocenters. The van der Waals surface area contributed by atoms with Crippen molar-refractivity contribution in [3.05, 3.63) is 35.2 Å². The van der Waals surface area contributed by atoms with Crippen molar-refractivity contribution >= 4 is 27.4 Å². The Morgan fingerprint density at radius 1 is 1.50 bits per heavy atom. The van der Waals surface area contributed by atoms with E-state index in [1.54, 1.807) is 18.4 Å². The van der Waals surface area contributed by atoms with Crippen LogP contribution in [0, 0.1) is 0 Å². The summed E-state index contributed by atoms with van der Waals surface area (Å²) in [5.41, 5.74) is 0.905. The van der Waals surface area contributed by atoms with Crippen molar-refractivity contribution in [2.75, 3.05) is 13.6 Å². The second kappa shape index (κ2) is 4.63. The van der Waals surface area contributed by atoms with E-state index in [9.17, 15) is 9.90 Å². The number of hydrogen-bond acceptors (Lipinski definition) is 3. The molecule has 0 aliphatic rings. The first-order valence-corrected chi connectivity index (χ1v) is 5.95. The van der Waals surface area contributed by atoms with E-state index in [1.807, 2.05) is 29.6 Å². The number of nitrogens with one attached hydrogen (secondary N) is 1. The highest BCUT2D eigenvalue weighted by atomic mass is 32.1. The summed E-state index contributed by atoms with van der Waals surface area (Å²) >= 11 is 1.59. The molecule has 0 saturated heterocycles. The second-order valence-electron chi connectivity index (χ2n) is 3.64. The minimum Gasteiger partial charge on any atom is -0.481 e. The fourth-order valence-corrected chi connectivity index (χ4v) is 2.82. The van der Waals surface area contributed by atoms with E-state index in [1.165, 1.54) is 0 Å². The van der Waals surface area contributed by atoms with E-state index in [0.717, 1.165) is 15.6 Å². The van der Waals surface area contributed by atoms with E-state index in [2.05, 4.69) is 5.32 Å². The highest BCUT2D eigenvalue weighted by molar-refractivity contribution is 7.17. The standard InChI is InChI=1S/C12H13NO2S/c1-13-6-9(12(14)15)10-7-16-11-5-3-2-4-8(10)11/h2-5,7,9,13H,6H2,1H3,(H,14,15). The van der Waals surface area contributed by atoms with Gasteiger partial charge in [0.15, 0.2) is 0 Å². The first-order valence-electron chi connectivity index (χ1n) is 5.07. The molecular weight excluding hydrogens is 222 g/mol. The Kier molecular flexibility index (Phi) is 3.22. The van der Waals surface area contributed by atoms with E-state index < -0.39 is 11.9 Å². The number of carbonyl (C=O) groups is 1. The largest absolute Gasteiger partial charge is 0.481 e. The van der Waals surface area contributed by atoms with Crippen molar-refractivity contribution in [1.82, 2.24) is 5.32 Å². The SMILES string of the molecule is CNCC(C(=O)O)c1csc2ccccc12. The van der Waals surface area contributed by atoms with Crippen LogP contribution in [0.15, 0.2) is 29.6 Å². The number of rotatable bonds is 4. The summed E-state index contributed by atoms with van der Waals surface area (Å²) in [5, 5.41) is 15.1. The topological polar surface area (TPSA) is 49.3 Å². The number of carboxylic acid groups (broad SMARTS) is 1. The van der Waals surface area contributed by atoms with E-state index in [0.29, 0.717) is 6.54 Å². The fourth-order valence-electron chi connectivity index (χ4n) is 1.80. The predicted octanol–water partition coefficient (Wildman–Crippen LogP) is 2.29. The highest BCUT2D eigenvalue weighted by Gasteiger charge is 2.21. The molecule has 0 fully saturated rings. The van der Waals surface area contributed by atoms with Gasteiger partial charge in [-0.25, -0.2) is 0 Å². The number of hydrogen-bond donors (Lipinski definition) is 2. The number of fused-ring (bicyclic) bond motifs is 1. The molecule has 16 heavy (non-hydrogen) atoms. The number of aliphatic carboxylic acids is 1. The fraction of sp³-hybridized carbons (Fsp3) is 0.250. The van der Waals surface area contributed by atoms with Gasteiger partial charge in [-0.1, -0.05) is 18.2 Å². The molecule has 0 aliphatic carbocycles. The Labute approximate surface area is 97.7 Å². The average molecular weight is 235 g/mol. The maximum atomic E-state index is 11.2.